The lowest BCUT2D eigenvalue weighted by Gasteiger charge is -2.59. The molecule has 0 spiro atoms. The number of rotatable bonds is 4. The molecular formula is C20H24O8. The van der Waals surface area contributed by atoms with Crippen molar-refractivity contribution in [2.75, 3.05) is 28.4 Å². The van der Waals surface area contributed by atoms with Crippen molar-refractivity contribution in [3.63, 3.8) is 0 Å². The first-order chi connectivity index (χ1) is 13.4. The van der Waals surface area contributed by atoms with E-state index in [0.29, 0.717) is 25.7 Å². The van der Waals surface area contributed by atoms with Crippen LogP contribution in [0, 0.1) is 34.5 Å². The molecule has 0 saturated heterocycles. The van der Waals surface area contributed by atoms with Crippen LogP contribution >= 0.6 is 0 Å². The van der Waals surface area contributed by atoms with E-state index in [4.69, 9.17) is 18.9 Å². The zero-order valence-electron chi connectivity index (χ0n) is 16.4. The third-order valence-corrected chi connectivity index (χ3v) is 7.79. The fourth-order valence-corrected chi connectivity index (χ4v) is 7.30. The van der Waals surface area contributed by atoms with Crippen molar-refractivity contribution < 1.29 is 38.1 Å². The number of hydrogen-bond donors (Lipinski definition) is 0. The average Bonchev–Trinajstić information content (AvgIpc) is 3.22. The van der Waals surface area contributed by atoms with Crippen molar-refractivity contribution >= 4 is 23.9 Å². The Hall–Kier alpha value is -2.38. The first kappa shape index (κ1) is 19.0. The summed E-state index contributed by atoms with van der Waals surface area (Å²) in [5.41, 5.74) is -2.71. The standard InChI is InChI=1S/C20H24O8/c1-25-15(21)13-14(16(22)26-2)20(18(24)28-4)11-7-8-12(20)10-6-5-9(11)19(10,13)17(23)27-3/h9-12H,5-8H2,1-4H3. The zero-order valence-corrected chi connectivity index (χ0v) is 16.4. The highest BCUT2D eigenvalue weighted by atomic mass is 16.5. The maximum Gasteiger partial charge on any atom is 0.335 e. The van der Waals surface area contributed by atoms with Gasteiger partial charge >= 0.3 is 23.9 Å². The van der Waals surface area contributed by atoms with Crippen molar-refractivity contribution in [2.24, 2.45) is 34.5 Å². The van der Waals surface area contributed by atoms with Gasteiger partial charge < -0.3 is 18.9 Å². The number of methoxy groups -OCH3 is 4. The van der Waals surface area contributed by atoms with Crippen molar-refractivity contribution in [1.82, 2.24) is 0 Å². The van der Waals surface area contributed by atoms with Crippen molar-refractivity contribution in [3.05, 3.63) is 11.1 Å². The summed E-state index contributed by atoms with van der Waals surface area (Å²) in [7, 11) is 4.95. The molecule has 0 radical (unpaired) electrons. The highest BCUT2D eigenvalue weighted by Crippen LogP contribution is 2.79. The summed E-state index contributed by atoms with van der Waals surface area (Å²) in [6.07, 6.45) is 2.70. The Morgan fingerprint density at radius 1 is 0.607 bits per heavy atom. The molecule has 5 aliphatic rings. The summed E-state index contributed by atoms with van der Waals surface area (Å²) in [6.45, 7) is 0. The second kappa shape index (κ2) is 6.06. The van der Waals surface area contributed by atoms with E-state index in [2.05, 4.69) is 0 Å². The predicted molar refractivity (Wildman–Crippen MR) is 92.4 cm³/mol. The van der Waals surface area contributed by atoms with Gasteiger partial charge in [0.2, 0.25) is 0 Å². The maximum atomic E-state index is 13.2. The van der Waals surface area contributed by atoms with Crippen LogP contribution in [0.15, 0.2) is 11.1 Å². The Bertz CT molecular complexity index is 723. The number of carbonyl (C=O) groups excluding carboxylic acids is 4. The predicted octanol–water partition coefficient (Wildman–Crippen LogP) is 1.03. The van der Waals surface area contributed by atoms with E-state index in [0.717, 1.165) is 0 Å². The number of esters is 4. The van der Waals surface area contributed by atoms with Crippen LogP contribution in [0.4, 0.5) is 0 Å². The van der Waals surface area contributed by atoms with E-state index >= 15 is 0 Å². The fourth-order valence-electron chi connectivity index (χ4n) is 7.30. The van der Waals surface area contributed by atoms with Crippen LogP contribution in [0.5, 0.6) is 0 Å². The SMILES string of the molecule is COC(=O)C1=C(C(=O)OC)C2(C(=O)OC)C3CCC2C2CCC3C12C(=O)OC. The van der Waals surface area contributed by atoms with Crippen LogP contribution in [-0.2, 0) is 38.1 Å². The molecule has 0 heterocycles. The molecule has 28 heavy (non-hydrogen) atoms. The largest absolute Gasteiger partial charge is 0.468 e. The third kappa shape index (κ3) is 1.73. The van der Waals surface area contributed by atoms with Gasteiger partial charge in [-0.3, -0.25) is 9.59 Å². The van der Waals surface area contributed by atoms with Gasteiger partial charge in [0.25, 0.3) is 0 Å². The Labute approximate surface area is 162 Å². The summed E-state index contributed by atoms with van der Waals surface area (Å²) >= 11 is 0. The first-order valence-electron chi connectivity index (χ1n) is 9.47. The van der Waals surface area contributed by atoms with Crippen LogP contribution in [0.1, 0.15) is 25.7 Å². The van der Waals surface area contributed by atoms with Gasteiger partial charge in [-0.25, -0.2) is 9.59 Å². The van der Waals surface area contributed by atoms with Gasteiger partial charge in [-0.2, -0.15) is 0 Å². The summed E-state index contributed by atoms with van der Waals surface area (Å²) in [5, 5.41) is 0. The van der Waals surface area contributed by atoms with Crippen molar-refractivity contribution in [3.8, 4) is 0 Å². The van der Waals surface area contributed by atoms with Crippen LogP contribution in [0.2, 0.25) is 0 Å². The average molecular weight is 392 g/mol. The highest BCUT2D eigenvalue weighted by Gasteiger charge is 2.83. The number of carbonyl (C=O) groups is 4. The molecule has 3 fully saturated rings. The minimum atomic E-state index is -1.28. The number of ether oxygens (including phenoxy) is 4. The molecule has 5 aliphatic carbocycles. The van der Waals surface area contributed by atoms with Crippen LogP contribution in [0.25, 0.3) is 0 Å². The summed E-state index contributed by atoms with van der Waals surface area (Å²) < 4.78 is 20.3. The molecule has 3 saturated carbocycles. The number of hydrogen-bond acceptors (Lipinski definition) is 8. The molecular weight excluding hydrogens is 368 g/mol. The zero-order chi connectivity index (χ0) is 20.4. The molecule has 5 rings (SSSR count). The van der Waals surface area contributed by atoms with Crippen molar-refractivity contribution in [2.45, 2.75) is 25.7 Å². The van der Waals surface area contributed by atoms with Crippen molar-refractivity contribution in [1.29, 1.82) is 0 Å². The quantitative estimate of drug-likeness (QED) is 0.516. The van der Waals surface area contributed by atoms with Gasteiger partial charge in [0.1, 0.15) is 10.8 Å². The summed E-state index contributed by atoms with van der Waals surface area (Å²) in [6, 6.07) is 0. The maximum absolute atomic E-state index is 13.2. The van der Waals surface area contributed by atoms with E-state index in [1.54, 1.807) is 0 Å². The molecule has 0 N–H and O–H groups in total. The Morgan fingerprint density at radius 2 is 0.893 bits per heavy atom. The lowest BCUT2D eigenvalue weighted by atomic mass is 9.41. The first-order valence-corrected chi connectivity index (χ1v) is 9.47. The lowest BCUT2D eigenvalue weighted by molar-refractivity contribution is -0.186. The Balaban J connectivity index is 2.16. The van der Waals surface area contributed by atoms with Gasteiger partial charge in [-0.15, -0.1) is 0 Å². The molecule has 4 atom stereocenters. The molecule has 8 nitrogen and oxygen atoms in total. The summed E-state index contributed by atoms with van der Waals surface area (Å²) in [4.78, 5) is 52.4. The van der Waals surface area contributed by atoms with E-state index < -0.39 is 34.7 Å². The van der Waals surface area contributed by atoms with E-state index in [1.165, 1.54) is 28.4 Å². The molecule has 0 aromatic carbocycles. The van der Waals surface area contributed by atoms with Crippen LogP contribution in [-0.4, -0.2) is 52.3 Å². The monoisotopic (exact) mass is 392 g/mol. The molecule has 0 amide bonds. The van der Waals surface area contributed by atoms with Gasteiger partial charge in [0, 0.05) is 0 Å². The van der Waals surface area contributed by atoms with E-state index in [1.807, 2.05) is 0 Å². The minimum absolute atomic E-state index is 0.0685. The van der Waals surface area contributed by atoms with E-state index in [-0.39, 0.29) is 34.8 Å². The lowest BCUT2D eigenvalue weighted by Crippen LogP contribution is -2.66. The van der Waals surface area contributed by atoms with Gasteiger partial charge in [-0.05, 0) is 49.4 Å². The smallest absolute Gasteiger partial charge is 0.335 e. The molecule has 0 aliphatic heterocycles. The Morgan fingerprint density at radius 3 is 1.11 bits per heavy atom. The van der Waals surface area contributed by atoms with Gasteiger partial charge in [0.05, 0.1) is 39.6 Å². The second-order valence-corrected chi connectivity index (χ2v) is 8.04. The normalized spacial score (nSPS) is 39.6. The minimum Gasteiger partial charge on any atom is -0.468 e. The topological polar surface area (TPSA) is 105 Å². The molecule has 8 heteroatoms. The van der Waals surface area contributed by atoms with Crippen LogP contribution in [0.3, 0.4) is 0 Å². The Kier molecular flexibility index (Phi) is 4.10. The summed E-state index contributed by atoms with van der Waals surface area (Å²) in [5.74, 6) is -3.83. The fraction of sp³-hybridized carbons (Fsp3) is 0.700. The molecule has 6 bridgehead atoms. The second-order valence-electron chi connectivity index (χ2n) is 8.04. The van der Waals surface area contributed by atoms with Gasteiger partial charge in [0.15, 0.2) is 0 Å². The third-order valence-electron chi connectivity index (χ3n) is 7.79. The molecule has 4 unspecified atom stereocenters. The van der Waals surface area contributed by atoms with E-state index in [9.17, 15) is 19.2 Å². The van der Waals surface area contributed by atoms with Gasteiger partial charge in [-0.1, -0.05) is 0 Å². The van der Waals surface area contributed by atoms with Crippen LogP contribution < -0.4 is 0 Å². The molecule has 152 valence electrons. The molecule has 0 aromatic rings. The highest BCUT2D eigenvalue weighted by molar-refractivity contribution is 6.12. The molecule has 0 aromatic heterocycles.